The number of halogens is 2. The molecule has 0 spiro atoms. The molecule has 0 bridgehead atoms. The van der Waals surface area contributed by atoms with Crippen LogP contribution in [-0.2, 0) is 11.2 Å². The summed E-state index contributed by atoms with van der Waals surface area (Å²) in [6.45, 7) is 3.45. The lowest BCUT2D eigenvalue weighted by Gasteiger charge is -2.13. The molecule has 22 heavy (non-hydrogen) atoms. The first-order valence-corrected chi connectivity index (χ1v) is 7.41. The second-order valence-corrected chi connectivity index (χ2v) is 5.56. The lowest BCUT2D eigenvalue weighted by Crippen LogP contribution is -2.12. The Morgan fingerprint density at radius 2 is 2.05 bits per heavy atom. The Hall–Kier alpha value is -1.85. The minimum atomic E-state index is -1.09. The lowest BCUT2D eigenvalue weighted by molar-refractivity contribution is -0.139. The summed E-state index contributed by atoms with van der Waals surface area (Å²) in [6.07, 6.45) is 0.797. The molecule has 1 heterocycles. The molecule has 0 unspecified atom stereocenters. The smallest absolute Gasteiger partial charge is 0.341 e. The minimum absolute atomic E-state index is 0.168. The van der Waals surface area contributed by atoms with E-state index in [9.17, 15) is 4.79 Å². The van der Waals surface area contributed by atoms with Crippen LogP contribution in [0, 0.1) is 6.92 Å². The van der Waals surface area contributed by atoms with Gasteiger partial charge in [0.15, 0.2) is 6.61 Å². The first-order valence-electron chi connectivity index (χ1n) is 6.66. The van der Waals surface area contributed by atoms with Crippen molar-refractivity contribution in [3.63, 3.8) is 0 Å². The van der Waals surface area contributed by atoms with Crippen LogP contribution in [-0.4, -0.2) is 22.4 Å². The number of carbonyl (C=O) groups is 1. The third-order valence-corrected chi connectivity index (χ3v) is 4.21. The summed E-state index contributed by atoms with van der Waals surface area (Å²) in [5.41, 5.74) is 3.43. The fourth-order valence-electron chi connectivity index (χ4n) is 2.26. The molecular formula is C15H16Cl2N2O3. The maximum Gasteiger partial charge on any atom is 0.341 e. The van der Waals surface area contributed by atoms with E-state index in [1.165, 1.54) is 0 Å². The second kappa shape index (κ2) is 6.50. The summed E-state index contributed by atoms with van der Waals surface area (Å²) in [5.74, 6) is 5.21. The van der Waals surface area contributed by atoms with Crippen LogP contribution in [0.4, 0.5) is 0 Å². The van der Waals surface area contributed by atoms with Gasteiger partial charge in [0, 0.05) is 11.3 Å². The number of aryl methyl sites for hydroxylation is 2. The largest absolute Gasteiger partial charge is 0.480 e. The summed E-state index contributed by atoms with van der Waals surface area (Å²) in [5, 5.41) is 9.10. The van der Waals surface area contributed by atoms with Gasteiger partial charge in [-0.15, -0.1) is 0 Å². The topological polar surface area (TPSA) is 77.5 Å². The molecule has 2 aromatic rings. The van der Waals surface area contributed by atoms with E-state index < -0.39 is 12.6 Å². The van der Waals surface area contributed by atoms with Crippen molar-refractivity contribution in [2.24, 2.45) is 0 Å². The molecule has 0 radical (unpaired) electrons. The van der Waals surface area contributed by atoms with Gasteiger partial charge in [-0.05, 0) is 37.1 Å². The van der Waals surface area contributed by atoms with Crippen LogP contribution in [0.15, 0.2) is 18.2 Å². The number of rotatable bonds is 5. The van der Waals surface area contributed by atoms with Crippen molar-refractivity contribution in [3.05, 3.63) is 39.5 Å². The van der Waals surface area contributed by atoms with Crippen molar-refractivity contribution in [3.8, 4) is 17.0 Å². The van der Waals surface area contributed by atoms with Crippen molar-refractivity contribution < 1.29 is 14.6 Å². The van der Waals surface area contributed by atoms with E-state index in [0.29, 0.717) is 5.56 Å². The Morgan fingerprint density at radius 3 is 2.64 bits per heavy atom. The molecule has 0 aliphatic heterocycles. The van der Waals surface area contributed by atoms with Gasteiger partial charge in [-0.25, -0.2) is 4.79 Å². The predicted octanol–water partition coefficient (Wildman–Crippen LogP) is 3.51. The van der Waals surface area contributed by atoms with Gasteiger partial charge in [0.25, 0.3) is 0 Å². The highest BCUT2D eigenvalue weighted by molar-refractivity contribution is 6.44. The van der Waals surface area contributed by atoms with E-state index in [4.69, 9.17) is 38.9 Å². The first-order chi connectivity index (χ1) is 10.4. The maximum atomic E-state index is 10.6. The fourth-order valence-corrected chi connectivity index (χ4v) is 2.72. The molecule has 2 rings (SSSR count). The van der Waals surface area contributed by atoms with Gasteiger partial charge in [-0.3, -0.25) is 4.68 Å². The number of hydrogen-bond donors (Lipinski definition) is 2. The van der Waals surface area contributed by atoms with E-state index in [1.54, 1.807) is 16.8 Å². The number of ether oxygens (including phenoxy) is 1. The molecule has 0 aliphatic carbocycles. The molecule has 0 atom stereocenters. The molecule has 0 aliphatic rings. The normalized spacial score (nSPS) is 10.7. The van der Waals surface area contributed by atoms with Gasteiger partial charge in [-0.2, -0.15) is 0 Å². The molecule has 0 fully saturated rings. The summed E-state index contributed by atoms with van der Waals surface area (Å²) in [4.78, 5) is 10.6. The Balaban J connectivity index is 2.50. The third kappa shape index (κ3) is 3.00. The number of aliphatic carboxylic acids is 1. The lowest BCUT2D eigenvalue weighted by atomic mass is 10.1. The number of nitrogen functional groups attached to an aromatic ring is 1. The van der Waals surface area contributed by atoms with Crippen LogP contribution >= 0.6 is 23.2 Å². The zero-order valence-electron chi connectivity index (χ0n) is 12.2. The van der Waals surface area contributed by atoms with Crippen molar-refractivity contribution in [1.82, 2.24) is 4.68 Å². The van der Waals surface area contributed by atoms with Crippen molar-refractivity contribution in [1.29, 1.82) is 0 Å². The van der Waals surface area contributed by atoms with E-state index in [1.807, 2.05) is 19.9 Å². The van der Waals surface area contributed by atoms with Crippen LogP contribution in [0.5, 0.6) is 5.75 Å². The van der Waals surface area contributed by atoms with Crippen LogP contribution < -0.4 is 10.6 Å². The zero-order chi connectivity index (χ0) is 16.4. The Labute approximate surface area is 138 Å². The molecule has 0 amide bonds. The van der Waals surface area contributed by atoms with Crippen LogP contribution in [0.2, 0.25) is 10.0 Å². The average Bonchev–Trinajstić information content (AvgIpc) is 2.76. The Bertz CT molecular complexity index is 726. The number of carboxylic acids is 1. The van der Waals surface area contributed by atoms with E-state index in [2.05, 4.69) is 0 Å². The molecule has 3 N–H and O–H groups in total. The highest BCUT2D eigenvalue weighted by Crippen LogP contribution is 2.41. The van der Waals surface area contributed by atoms with Gasteiger partial charge in [0.1, 0.15) is 10.8 Å². The number of carboxylic acid groups (broad SMARTS) is 1. The van der Waals surface area contributed by atoms with E-state index >= 15 is 0 Å². The molecule has 5 nitrogen and oxygen atoms in total. The zero-order valence-corrected chi connectivity index (χ0v) is 13.7. The Morgan fingerprint density at radius 1 is 1.36 bits per heavy atom. The Kier molecular flexibility index (Phi) is 4.88. The average molecular weight is 343 g/mol. The summed E-state index contributed by atoms with van der Waals surface area (Å²) in [7, 11) is 0. The van der Waals surface area contributed by atoms with Gasteiger partial charge >= 0.3 is 5.97 Å². The second-order valence-electron chi connectivity index (χ2n) is 4.80. The van der Waals surface area contributed by atoms with Gasteiger partial charge in [0.2, 0.25) is 0 Å². The molecule has 118 valence electrons. The van der Waals surface area contributed by atoms with Crippen molar-refractivity contribution in [2.75, 3.05) is 12.4 Å². The van der Waals surface area contributed by atoms with Gasteiger partial charge < -0.3 is 15.7 Å². The number of benzene rings is 1. The molecule has 7 heteroatoms. The monoisotopic (exact) mass is 342 g/mol. The quantitative estimate of drug-likeness (QED) is 0.815. The molecule has 0 saturated heterocycles. The number of aromatic nitrogens is 1. The highest BCUT2D eigenvalue weighted by Gasteiger charge is 2.19. The van der Waals surface area contributed by atoms with Crippen LogP contribution in [0.3, 0.4) is 0 Å². The summed E-state index contributed by atoms with van der Waals surface area (Å²) < 4.78 is 6.67. The van der Waals surface area contributed by atoms with E-state index in [0.717, 1.165) is 23.4 Å². The minimum Gasteiger partial charge on any atom is -0.480 e. The molecule has 1 aromatic heterocycles. The maximum absolute atomic E-state index is 10.6. The summed E-state index contributed by atoms with van der Waals surface area (Å²) in [6, 6.07) is 5.31. The summed E-state index contributed by atoms with van der Waals surface area (Å²) >= 11 is 12.5. The highest BCUT2D eigenvalue weighted by atomic mass is 35.5. The number of hydrogen-bond acceptors (Lipinski definition) is 3. The standard InChI is InChI=1S/C15H16Cl2N2O3/c1-3-9-6-8(2)19(18)15(9)10-4-5-11(14(17)13(10)16)22-7-12(20)21/h4-6H,3,7,18H2,1-2H3,(H,20,21). The molecular weight excluding hydrogens is 327 g/mol. The molecule has 1 aromatic carbocycles. The predicted molar refractivity (Wildman–Crippen MR) is 87.3 cm³/mol. The SMILES string of the molecule is CCc1cc(C)n(N)c1-c1ccc(OCC(=O)O)c(Cl)c1Cl. The van der Waals surface area contributed by atoms with Crippen molar-refractivity contribution in [2.45, 2.75) is 20.3 Å². The first kappa shape index (κ1) is 16.5. The number of nitrogens with two attached hydrogens (primary N) is 1. The van der Waals surface area contributed by atoms with Gasteiger partial charge in [0.05, 0.1) is 10.7 Å². The molecule has 0 saturated carbocycles. The van der Waals surface area contributed by atoms with Gasteiger partial charge in [-0.1, -0.05) is 30.1 Å². The van der Waals surface area contributed by atoms with E-state index in [-0.39, 0.29) is 15.8 Å². The van der Waals surface area contributed by atoms with Crippen LogP contribution in [0.1, 0.15) is 18.2 Å². The van der Waals surface area contributed by atoms with Crippen LogP contribution in [0.25, 0.3) is 11.3 Å². The third-order valence-electron chi connectivity index (χ3n) is 3.34. The fraction of sp³-hybridized carbons (Fsp3) is 0.267. The number of nitrogens with zero attached hydrogens (tertiary/aromatic N) is 1. The van der Waals surface area contributed by atoms with Crippen molar-refractivity contribution >= 4 is 29.2 Å².